The molecule has 9 aromatic carbocycles. The molecule has 0 saturated carbocycles. The first kappa shape index (κ1) is 31.7. The zero-order chi connectivity index (χ0) is 37.5. The predicted octanol–water partition coefficient (Wildman–Crippen LogP) is 14.8. The maximum Gasteiger partial charge on any atom is 0.135 e. The molecule has 0 unspecified atom stereocenters. The van der Waals surface area contributed by atoms with Crippen molar-refractivity contribution in [1.82, 2.24) is 9.13 Å². The van der Waals surface area contributed by atoms with Gasteiger partial charge in [0.2, 0.25) is 0 Å². The van der Waals surface area contributed by atoms with Gasteiger partial charge in [-0.25, -0.2) is 0 Å². The number of benzene rings is 9. The summed E-state index contributed by atoms with van der Waals surface area (Å²) in [5, 5.41) is 7.16. The second kappa shape index (κ2) is 12.5. The van der Waals surface area contributed by atoms with Crippen molar-refractivity contribution in [2.24, 2.45) is 0 Å². The molecule has 0 atom stereocenters. The van der Waals surface area contributed by atoms with E-state index in [1.807, 2.05) is 12.1 Å². The molecule has 3 aromatic heterocycles. The quantitative estimate of drug-likeness (QED) is 0.173. The smallest absolute Gasteiger partial charge is 0.135 e. The molecule has 0 spiro atoms. The van der Waals surface area contributed by atoms with Crippen LogP contribution in [0.3, 0.4) is 0 Å². The SMILES string of the molecule is c1ccc(-c2ccc3c(c2)c2cc(-c4ccc5c6cc(-c7ccccc7)ccc6n(-c6ccc7oc8ccccc8c7c6)c5c4)ccc2n3-c2ccccc2)cc1. The molecule has 0 fully saturated rings. The maximum absolute atomic E-state index is 6.26. The lowest BCUT2D eigenvalue weighted by atomic mass is 9.99. The highest BCUT2D eigenvalue weighted by molar-refractivity contribution is 6.14. The van der Waals surface area contributed by atoms with Crippen LogP contribution in [0.25, 0.3) is 110 Å². The Morgan fingerprint density at radius 3 is 1.35 bits per heavy atom. The highest BCUT2D eigenvalue weighted by Crippen LogP contribution is 2.41. The van der Waals surface area contributed by atoms with E-state index in [1.165, 1.54) is 71.5 Å². The van der Waals surface area contributed by atoms with E-state index in [9.17, 15) is 0 Å². The number of rotatable bonds is 5. The van der Waals surface area contributed by atoms with Gasteiger partial charge in [0.15, 0.2) is 0 Å². The fraction of sp³-hybridized carbons (Fsp3) is 0. The van der Waals surface area contributed by atoms with Crippen molar-refractivity contribution in [2.75, 3.05) is 0 Å². The number of hydrogen-bond acceptors (Lipinski definition) is 1. The fourth-order valence-corrected chi connectivity index (χ4v) is 9.01. The lowest BCUT2D eigenvalue weighted by Gasteiger charge is -2.10. The van der Waals surface area contributed by atoms with E-state index >= 15 is 0 Å². The minimum Gasteiger partial charge on any atom is -0.456 e. The second-order valence-corrected chi connectivity index (χ2v) is 14.9. The number of nitrogens with zero attached hydrogens (tertiary/aromatic N) is 2. The zero-order valence-electron chi connectivity index (χ0n) is 30.9. The van der Waals surface area contributed by atoms with E-state index in [-0.39, 0.29) is 0 Å². The van der Waals surface area contributed by atoms with Crippen LogP contribution in [0.5, 0.6) is 0 Å². The highest BCUT2D eigenvalue weighted by atomic mass is 16.3. The molecule has 3 nitrogen and oxygen atoms in total. The van der Waals surface area contributed by atoms with Gasteiger partial charge in [0.05, 0.1) is 22.1 Å². The molecule has 3 heterocycles. The van der Waals surface area contributed by atoms with Crippen LogP contribution in [0.4, 0.5) is 0 Å². The molecule has 12 rings (SSSR count). The van der Waals surface area contributed by atoms with Crippen LogP contribution in [-0.4, -0.2) is 9.13 Å². The molecule has 12 aromatic rings. The van der Waals surface area contributed by atoms with Gasteiger partial charge in [-0.1, -0.05) is 127 Å². The summed E-state index contributed by atoms with van der Waals surface area (Å²) >= 11 is 0. The second-order valence-electron chi connectivity index (χ2n) is 14.9. The van der Waals surface area contributed by atoms with Gasteiger partial charge in [0.1, 0.15) is 11.2 Å². The molecule has 0 aliphatic carbocycles. The van der Waals surface area contributed by atoms with Crippen LogP contribution in [-0.2, 0) is 0 Å². The Labute approximate surface area is 328 Å². The van der Waals surface area contributed by atoms with Gasteiger partial charge in [-0.05, 0) is 112 Å². The van der Waals surface area contributed by atoms with E-state index < -0.39 is 0 Å². The molecule has 3 heteroatoms. The Kier molecular flexibility index (Phi) is 6.93. The van der Waals surface area contributed by atoms with Gasteiger partial charge in [0, 0.05) is 43.7 Å². The summed E-state index contributed by atoms with van der Waals surface area (Å²) in [7, 11) is 0. The third-order valence-corrected chi connectivity index (χ3v) is 11.7. The topological polar surface area (TPSA) is 23.0 Å². The largest absolute Gasteiger partial charge is 0.456 e. The van der Waals surface area contributed by atoms with Crippen LogP contribution in [0.1, 0.15) is 0 Å². The third kappa shape index (κ3) is 4.99. The number of para-hydroxylation sites is 2. The standard InChI is InChI=1S/C54H34N2O/c1-4-12-35(13-5-1)37-21-26-49-45(30-37)43-25-20-40(33-52(43)56(49)42-24-29-54-48(34-42)44-18-10-11-19-53(44)57-54)39-23-28-51-47(32-39)46-31-38(36-14-6-2-7-15-36)22-27-50(46)55(51)41-16-8-3-9-17-41/h1-34H. The molecule has 0 N–H and O–H groups in total. The van der Waals surface area contributed by atoms with Crippen LogP contribution in [0.2, 0.25) is 0 Å². The third-order valence-electron chi connectivity index (χ3n) is 11.7. The highest BCUT2D eigenvalue weighted by Gasteiger charge is 2.18. The minimum atomic E-state index is 0.895. The number of furan rings is 1. The summed E-state index contributed by atoms with van der Waals surface area (Å²) in [4.78, 5) is 0. The molecule has 0 radical (unpaired) electrons. The van der Waals surface area contributed by atoms with Gasteiger partial charge < -0.3 is 13.6 Å². The molecule has 0 bridgehead atoms. The van der Waals surface area contributed by atoms with Crippen LogP contribution in [0.15, 0.2) is 211 Å². The Bertz CT molecular complexity index is 3500. The molecule has 0 amide bonds. The molecule has 266 valence electrons. The first-order valence-corrected chi connectivity index (χ1v) is 19.5. The van der Waals surface area contributed by atoms with E-state index in [0.717, 1.165) is 38.8 Å². The van der Waals surface area contributed by atoms with E-state index in [2.05, 4.69) is 203 Å². The van der Waals surface area contributed by atoms with Gasteiger partial charge >= 0.3 is 0 Å². The average Bonchev–Trinajstić information content (AvgIpc) is 3.93. The van der Waals surface area contributed by atoms with Crippen LogP contribution < -0.4 is 0 Å². The fourth-order valence-electron chi connectivity index (χ4n) is 9.01. The molecule has 57 heavy (non-hydrogen) atoms. The summed E-state index contributed by atoms with van der Waals surface area (Å²) in [5.41, 5.74) is 16.0. The Hall–Kier alpha value is -7.62. The minimum absolute atomic E-state index is 0.895. The Morgan fingerprint density at radius 1 is 0.246 bits per heavy atom. The van der Waals surface area contributed by atoms with Crippen molar-refractivity contribution < 1.29 is 4.42 Å². The number of fused-ring (bicyclic) bond motifs is 9. The van der Waals surface area contributed by atoms with E-state index in [0.29, 0.717) is 0 Å². The Morgan fingerprint density at radius 2 is 0.719 bits per heavy atom. The van der Waals surface area contributed by atoms with Gasteiger partial charge in [-0.3, -0.25) is 0 Å². The monoisotopic (exact) mass is 726 g/mol. The zero-order valence-corrected chi connectivity index (χ0v) is 30.9. The normalized spacial score (nSPS) is 11.9. The lowest BCUT2D eigenvalue weighted by molar-refractivity contribution is 0.669. The van der Waals surface area contributed by atoms with Gasteiger partial charge in [0.25, 0.3) is 0 Å². The Balaban J connectivity index is 1.09. The van der Waals surface area contributed by atoms with Crippen molar-refractivity contribution in [1.29, 1.82) is 0 Å². The van der Waals surface area contributed by atoms with Crippen molar-refractivity contribution >= 4 is 65.6 Å². The summed E-state index contributed by atoms with van der Waals surface area (Å²) in [6, 6.07) is 74.6. The first-order chi connectivity index (χ1) is 28.2. The lowest BCUT2D eigenvalue weighted by Crippen LogP contribution is -1.94. The van der Waals surface area contributed by atoms with Crippen molar-refractivity contribution in [3.63, 3.8) is 0 Å². The number of hydrogen-bond donors (Lipinski definition) is 0. The average molecular weight is 727 g/mol. The molecule has 0 aliphatic rings. The van der Waals surface area contributed by atoms with Gasteiger partial charge in [-0.2, -0.15) is 0 Å². The molecular weight excluding hydrogens is 693 g/mol. The van der Waals surface area contributed by atoms with Crippen LogP contribution >= 0.6 is 0 Å². The maximum atomic E-state index is 6.26. The van der Waals surface area contributed by atoms with E-state index in [4.69, 9.17) is 4.42 Å². The van der Waals surface area contributed by atoms with Gasteiger partial charge in [-0.15, -0.1) is 0 Å². The van der Waals surface area contributed by atoms with E-state index in [1.54, 1.807) is 0 Å². The first-order valence-electron chi connectivity index (χ1n) is 19.5. The summed E-state index contributed by atoms with van der Waals surface area (Å²) < 4.78 is 11.1. The molecule has 0 saturated heterocycles. The molecule has 0 aliphatic heterocycles. The van der Waals surface area contributed by atoms with Crippen molar-refractivity contribution in [3.8, 4) is 44.8 Å². The summed E-state index contributed by atoms with van der Waals surface area (Å²) in [5.74, 6) is 0. The van der Waals surface area contributed by atoms with Crippen molar-refractivity contribution in [2.45, 2.75) is 0 Å². The predicted molar refractivity (Wildman–Crippen MR) is 239 cm³/mol. The van der Waals surface area contributed by atoms with Crippen molar-refractivity contribution in [3.05, 3.63) is 206 Å². The number of aromatic nitrogens is 2. The van der Waals surface area contributed by atoms with Crippen LogP contribution in [0, 0.1) is 0 Å². The summed E-state index contributed by atoms with van der Waals surface area (Å²) in [6.45, 7) is 0. The molecular formula is C54H34N2O. The summed E-state index contributed by atoms with van der Waals surface area (Å²) in [6.07, 6.45) is 0.